The van der Waals surface area contributed by atoms with Gasteiger partial charge in [-0.25, -0.2) is 4.79 Å². The van der Waals surface area contributed by atoms with Gasteiger partial charge in [-0.3, -0.25) is 0 Å². The van der Waals surface area contributed by atoms with Crippen molar-refractivity contribution in [1.29, 1.82) is 0 Å². The molecule has 6 rings (SSSR count). The molecule has 0 radical (unpaired) electrons. The van der Waals surface area contributed by atoms with Crippen LogP contribution in [0.1, 0.15) is 81.1 Å². The molecule has 6 aliphatic rings. The van der Waals surface area contributed by atoms with Crippen molar-refractivity contribution in [3.8, 4) is 0 Å². The predicted octanol–water partition coefficient (Wildman–Crippen LogP) is 2.71. The molecule has 14 nitrogen and oxygen atoms in total. The molecule has 0 amide bonds. The summed E-state index contributed by atoms with van der Waals surface area (Å²) in [4.78, 5) is 13.2. The molecule has 0 bridgehead atoms. The Labute approximate surface area is 298 Å². The van der Waals surface area contributed by atoms with E-state index in [1.807, 2.05) is 55.4 Å². The summed E-state index contributed by atoms with van der Waals surface area (Å²) in [5, 5.41) is 16.3. The molecule has 16 heteroatoms. The molecule has 278 valence electrons. The van der Waals surface area contributed by atoms with Crippen molar-refractivity contribution in [2.24, 2.45) is 0 Å². The molecule has 3 N–H and O–H groups in total. The summed E-state index contributed by atoms with van der Waals surface area (Å²) in [6.45, 7) is 16.2. The highest BCUT2D eigenvalue weighted by Crippen LogP contribution is 2.44. The number of fused-ring (bicyclic) bond motifs is 2. The molecular formula is C33H52N2O12S2. The van der Waals surface area contributed by atoms with Gasteiger partial charge in [-0.15, -0.1) is 0 Å². The second-order valence-corrected chi connectivity index (χ2v) is 16.5. The zero-order valence-corrected chi connectivity index (χ0v) is 31.2. The summed E-state index contributed by atoms with van der Waals surface area (Å²) >= 11 is 11.3. The average Bonchev–Trinajstić information content (AvgIpc) is 3.80. The van der Waals surface area contributed by atoms with Gasteiger partial charge >= 0.3 is 5.97 Å². The largest absolute Gasteiger partial charge is 0.480 e. The lowest BCUT2D eigenvalue weighted by molar-refractivity contribution is -0.206. The molecule has 0 aliphatic carbocycles. The first-order valence-corrected chi connectivity index (χ1v) is 18.1. The molecule has 6 aliphatic heterocycles. The zero-order valence-electron chi connectivity index (χ0n) is 29.6. The lowest BCUT2D eigenvalue weighted by Crippen LogP contribution is -2.43. The second kappa shape index (κ2) is 14.0. The van der Waals surface area contributed by atoms with E-state index < -0.39 is 47.4 Å². The van der Waals surface area contributed by atoms with Gasteiger partial charge in [0.1, 0.15) is 54.9 Å². The predicted molar refractivity (Wildman–Crippen MR) is 181 cm³/mol. The van der Waals surface area contributed by atoms with Gasteiger partial charge in [0.05, 0.1) is 35.4 Å². The minimum atomic E-state index is -0.993. The first kappa shape index (κ1) is 37.6. The van der Waals surface area contributed by atoms with Crippen molar-refractivity contribution in [2.45, 2.75) is 171 Å². The smallest absolute Gasteiger partial charge is 0.326 e. The molecule has 0 unspecified atom stereocenters. The van der Waals surface area contributed by atoms with Crippen LogP contribution >= 0.6 is 24.4 Å². The van der Waals surface area contributed by atoms with Gasteiger partial charge in [0.15, 0.2) is 23.1 Å². The van der Waals surface area contributed by atoms with E-state index in [-0.39, 0.29) is 55.3 Å². The second-order valence-electron chi connectivity index (χ2n) is 15.5. The third-order valence-corrected chi connectivity index (χ3v) is 10.2. The number of ether oxygens (including phenoxy) is 10. The van der Waals surface area contributed by atoms with E-state index in [0.717, 1.165) is 0 Å². The number of rotatable bonds is 12. The maximum Gasteiger partial charge on any atom is 0.326 e. The van der Waals surface area contributed by atoms with Crippen LogP contribution in [0.2, 0.25) is 0 Å². The Bertz CT molecular complexity index is 1270. The van der Waals surface area contributed by atoms with Crippen LogP contribution in [0, 0.1) is 0 Å². The van der Waals surface area contributed by atoms with Crippen LogP contribution in [0.4, 0.5) is 0 Å². The maximum atomic E-state index is 12.2. The summed E-state index contributed by atoms with van der Waals surface area (Å²) < 4.78 is 61.3. The number of hydrogen-bond donors (Lipinski definition) is 3. The standard InChI is InChI=1S/C33H52N2O12S2/c1-30(2)38-14-19(42-30)23-27-25(44-32(5,6)46-27)17(40-23)12-21(48)34-11-9-10-16(29(36)37)35-22(49)13-18-26-28(47-33(7,8)45-26)24(41-18)20-15-39-31(3,4)43-20/h16-20,23-28H,9-15H2,1-8H3,(H,34,48)(H,35,49)(H,36,37)/t16-,17-,18-,19-,20-,23+,24+,25+,26+,27-,28-/m0/s1. The Morgan fingerprint density at radius 2 is 1.12 bits per heavy atom. The third kappa shape index (κ3) is 8.74. The van der Waals surface area contributed by atoms with E-state index in [1.165, 1.54) is 0 Å². The van der Waals surface area contributed by atoms with Gasteiger partial charge in [0.2, 0.25) is 0 Å². The molecule has 49 heavy (non-hydrogen) atoms. The summed E-state index contributed by atoms with van der Waals surface area (Å²) in [5.74, 6) is -3.95. The summed E-state index contributed by atoms with van der Waals surface area (Å²) in [6.07, 6.45) is -1.92. The van der Waals surface area contributed by atoms with Crippen LogP contribution in [0.15, 0.2) is 0 Å². The maximum absolute atomic E-state index is 12.2. The van der Waals surface area contributed by atoms with Gasteiger partial charge in [-0.05, 0) is 68.2 Å². The van der Waals surface area contributed by atoms with Crippen molar-refractivity contribution >= 4 is 40.4 Å². The quantitative estimate of drug-likeness (QED) is 0.199. The molecule has 6 heterocycles. The number of aliphatic carboxylic acids is 1. The van der Waals surface area contributed by atoms with Crippen LogP contribution in [0.25, 0.3) is 0 Å². The SMILES string of the molecule is CC1(C)O[C@@H]2[C@H](O1)[C@H](CC(=S)NCCC[C@H](NC(=S)C[C@@H]1O[C@H]([C@@H]3COC(C)(C)O3)[C@@H]3OC(C)(C)O[C@@H]31)C(=O)O)O[C@@H]2[C@@H]1COC(C)(C)O1. The molecule has 6 saturated heterocycles. The van der Waals surface area contributed by atoms with Gasteiger partial charge in [-0.2, -0.15) is 0 Å². The van der Waals surface area contributed by atoms with Crippen molar-refractivity contribution in [2.75, 3.05) is 19.8 Å². The van der Waals surface area contributed by atoms with E-state index in [4.69, 9.17) is 71.8 Å². The van der Waals surface area contributed by atoms with Crippen molar-refractivity contribution in [3.05, 3.63) is 0 Å². The molecule has 0 aromatic heterocycles. The van der Waals surface area contributed by atoms with Crippen molar-refractivity contribution in [1.82, 2.24) is 10.6 Å². The van der Waals surface area contributed by atoms with E-state index in [2.05, 4.69) is 10.6 Å². The van der Waals surface area contributed by atoms with Gasteiger partial charge in [0, 0.05) is 19.4 Å². The fraction of sp³-hybridized carbons (Fsp3) is 0.909. The summed E-state index contributed by atoms with van der Waals surface area (Å²) in [6, 6.07) is -0.885. The first-order valence-electron chi connectivity index (χ1n) is 17.2. The Balaban J connectivity index is 0.961. The molecule has 0 spiro atoms. The van der Waals surface area contributed by atoms with E-state index in [0.29, 0.717) is 49.0 Å². The van der Waals surface area contributed by atoms with Gasteiger partial charge in [0.25, 0.3) is 0 Å². The lowest BCUT2D eigenvalue weighted by Gasteiger charge is -2.27. The summed E-state index contributed by atoms with van der Waals surface area (Å²) in [5.41, 5.74) is 0. The summed E-state index contributed by atoms with van der Waals surface area (Å²) in [7, 11) is 0. The topological polar surface area (TPSA) is 154 Å². The first-order chi connectivity index (χ1) is 22.8. The zero-order chi connectivity index (χ0) is 35.5. The van der Waals surface area contributed by atoms with Crippen LogP contribution < -0.4 is 10.6 Å². The van der Waals surface area contributed by atoms with E-state index in [9.17, 15) is 9.90 Å². The van der Waals surface area contributed by atoms with Gasteiger partial charge < -0.3 is 63.1 Å². The molecule has 0 aromatic carbocycles. The molecule has 6 fully saturated rings. The Kier molecular flexibility index (Phi) is 10.7. The minimum Gasteiger partial charge on any atom is -0.480 e. The highest BCUT2D eigenvalue weighted by atomic mass is 32.1. The van der Waals surface area contributed by atoms with Crippen LogP contribution in [-0.4, -0.2) is 131 Å². The normalized spacial score (nSPS) is 40.2. The monoisotopic (exact) mass is 732 g/mol. The highest BCUT2D eigenvalue weighted by Gasteiger charge is 2.60. The number of nitrogens with one attached hydrogen (secondary N) is 2. The van der Waals surface area contributed by atoms with Crippen LogP contribution in [0.5, 0.6) is 0 Å². The minimum absolute atomic E-state index is 0.276. The highest BCUT2D eigenvalue weighted by molar-refractivity contribution is 7.80. The molecule has 0 aromatic rings. The number of carboxylic acids is 1. The van der Waals surface area contributed by atoms with E-state index >= 15 is 0 Å². The fourth-order valence-corrected chi connectivity index (χ4v) is 8.17. The number of thiocarbonyl (C=S) groups is 2. The van der Waals surface area contributed by atoms with E-state index in [1.54, 1.807) is 0 Å². The molecule has 0 saturated carbocycles. The van der Waals surface area contributed by atoms with Crippen LogP contribution in [0.3, 0.4) is 0 Å². The fourth-order valence-electron chi connectivity index (χ4n) is 7.59. The molecule has 11 atom stereocenters. The van der Waals surface area contributed by atoms with Gasteiger partial charge in [-0.1, -0.05) is 24.4 Å². The Hall–Kier alpha value is -1.15. The average molecular weight is 733 g/mol. The lowest BCUT2D eigenvalue weighted by atomic mass is 10.0. The Morgan fingerprint density at radius 1 is 0.673 bits per heavy atom. The van der Waals surface area contributed by atoms with Crippen LogP contribution in [-0.2, 0) is 52.2 Å². The third-order valence-electron chi connectivity index (χ3n) is 9.56. The number of carboxylic acid groups (broad SMARTS) is 1. The van der Waals surface area contributed by atoms with Crippen molar-refractivity contribution in [3.63, 3.8) is 0 Å². The Morgan fingerprint density at radius 3 is 1.55 bits per heavy atom. The number of hydrogen-bond acceptors (Lipinski definition) is 13. The number of carbonyl (C=O) groups is 1. The van der Waals surface area contributed by atoms with Crippen molar-refractivity contribution < 1.29 is 57.3 Å². The molecular weight excluding hydrogens is 680 g/mol.